The average Bonchev–Trinajstić information content (AvgIpc) is 3.25. The first kappa shape index (κ1) is 27.3. The van der Waals surface area contributed by atoms with E-state index in [2.05, 4.69) is 17.6 Å². The number of esters is 1. The Kier molecular flexibility index (Phi) is 8.48. The van der Waals surface area contributed by atoms with Crippen LogP contribution < -0.4 is 10.6 Å². The number of carbonyl (C=O) groups is 3. The second kappa shape index (κ2) is 11.8. The largest absolute Gasteiger partial charge is 0.465 e. The number of thiophene rings is 1. The molecule has 0 fully saturated rings. The molecule has 1 aromatic heterocycles. The zero-order chi connectivity index (χ0) is 27.4. The Morgan fingerprint density at radius 2 is 1.92 bits per heavy atom. The summed E-state index contributed by atoms with van der Waals surface area (Å²) in [6.45, 7) is 3.94. The predicted octanol–water partition coefficient (Wildman–Crippen LogP) is 5.94. The summed E-state index contributed by atoms with van der Waals surface area (Å²) in [5.74, 6) is -0.653. The Bertz CT molecular complexity index is 1400. The van der Waals surface area contributed by atoms with Crippen molar-refractivity contribution in [3.05, 3.63) is 80.2 Å². The highest BCUT2D eigenvalue weighted by Crippen LogP contribution is 2.40. The van der Waals surface area contributed by atoms with E-state index in [0.717, 1.165) is 34.6 Å². The molecule has 0 spiro atoms. The van der Waals surface area contributed by atoms with E-state index in [1.165, 1.54) is 54.5 Å². The summed E-state index contributed by atoms with van der Waals surface area (Å²) in [6, 6.07) is 12.5. The second-order valence-corrected chi connectivity index (χ2v) is 11.6. The highest BCUT2D eigenvalue weighted by atomic mass is 32.2. The van der Waals surface area contributed by atoms with Gasteiger partial charge >= 0.3 is 5.97 Å². The van der Waals surface area contributed by atoms with E-state index in [-0.39, 0.29) is 17.2 Å². The van der Waals surface area contributed by atoms with E-state index in [0.29, 0.717) is 22.2 Å². The average molecular weight is 554 g/mol. The summed E-state index contributed by atoms with van der Waals surface area (Å²) in [5, 5.41) is 16.7. The maximum atomic E-state index is 13.1. The normalized spacial score (nSPS) is 15.2. The fourth-order valence-corrected chi connectivity index (χ4v) is 6.57. The Balaban J connectivity index is 1.44. The van der Waals surface area contributed by atoms with Gasteiger partial charge in [-0.3, -0.25) is 19.7 Å². The summed E-state index contributed by atoms with van der Waals surface area (Å²) in [4.78, 5) is 50.5. The number of hydrogen-bond donors (Lipinski definition) is 2. The van der Waals surface area contributed by atoms with E-state index in [4.69, 9.17) is 4.74 Å². The molecule has 198 valence electrons. The van der Waals surface area contributed by atoms with Crippen molar-refractivity contribution >= 4 is 57.3 Å². The fraction of sp³-hybridized carbons (Fsp3) is 0.296. The van der Waals surface area contributed by atoms with Crippen LogP contribution in [0.1, 0.15) is 51.4 Å². The molecule has 38 heavy (non-hydrogen) atoms. The first-order chi connectivity index (χ1) is 18.2. The number of hydrogen-bond acceptors (Lipinski definition) is 8. The standard InChI is InChI=1S/C27H27N3O6S2/c1-15-10-11-21-22(12-15)38-26(23(21)27(33)36-3)29-24(31)16(2)37-20-9-5-7-18(14-20)28-25(32)17-6-4-8-19(13-17)30(34)35/h4-9,13-16H,10-12H2,1-3H3,(H,28,32)(H,29,31). The Morgan fingerprint density at radius 1 is 1.16 bits per heavy atom. The number of fused-ring (bicyclic) bond motifs is 1. The predicted molar refractivity (Wildman–Crippen MR) is 148 cm³/mol. The molecule has 0 aliphatic heterocycles. The zero-order valence-electron chi connectivity index (χ0n) is 21.1. The minimum Gasteiger partial charge on any atom is -0.465 e. The van der Waals surface area contributed by atoms with Gasteiger partial charge in [-0.15, -0.1) is 23.1 Å². The lowest BCUT2D eigenvalue weighted by Crippen LogP contribution is -2.23. The van der Waals surface area contributed by atoms with Crippen molar-refractivity contribution in [1.29, 1.82) is 0 Å². The third-order valence-electron chi connectivity index (χ3n) is 6.23. The van der Waals surface area contributed by atoms with E-state index < -0.39 is 22.0 Å². The van der Waals surface area contributed by atoms with Crippen LogP contribution in [0, 0.1) is 16.0 Å². The van der Waals surface area contributed by atoms with E-state index in [9.17, 15) is 24.5 Å². The second-order valence-electron chi connectivity index (χ2n) is 9.09. The molecule has 1 heterocycles. The van der Waals surface area contributed by atoms with Crippen molar-refractivity contribution in [2.45, 2.75) is 43.3 Å². The third-order valence-corrected chi connectivity index (χ3v) is 8.49. The molecule has 3 aromatic rings. The molecule has 2 aromatic carbocycles. The van der Waals surface area contributed by atoms with E-state index in [1.54, 1.807) is 25.1 Å². The summed E-state index contributed by atoms with van der Waals surface area (Å²) < 4.78 is 5.00. The smallest absolute Gasteiger partial charge is 0.341 e. The zero-order valence-corrected chi connectivity index (χ0v) is 22.7. The van der Waals surface area contributed by atoms with Crippen molar-refractivity contribution in [3.63, 3.8) is 0 Å². The van der Waals surface area contributed by atoms with Gasteiger partial charge in [-0.05, 0) is 61.9 Å². The molecule has 0 radical (unpaired) electrons. The van der Waals surface area contributed by atoms with Crippen LogP contribution in [0.2, 0.25) is 0 Å². The number of ether oxygens (including phenoxy) is 1. The minimum atomic E-state index is -0.555. The number of carbonyl (C=O) groups excluding carboxylic acids is 3. The topological polar surface area (TPSA) is 128 Å². The number of rotatable bonds is 8. The van der Waals surface area contributed by atoms with Crippen molar-refractivity contribution in [3.8, 4) is 0 Å². The molecule has 9 nitrogen and oxygen atoms in total. The fourth-order valence-electron chi connectivity index (χ4n) is 4.24. The van der Waals surface area contributed by atoms with Gasteiger partial charge in [-0.2, -0.15) is 0 Å². The van der Waals surface area contributed by atoms with Crippen LogP contribution in [0.25, 0.3) is 0 Å². The first-order valence-electron chi connectivity index (χ1n) is 12.0. The van der Waals surface area contributed by atoms with Crippen LogP contribution in [-0.4, -0.2) is 35.1 Å². The summed E-state index contributed by atoms with van der Waals surface area (Å²) in [7, 11) is 1.34. The van der Waals surface area contributed by atoms with Crippen molar-refractivity contribution in [1.82, 2.24) is 0 Å². The lowest BCUT2D eigenvalue weighted by atomic mass is 9.88. The summed E-state index contributed by atoms with van der Waals surface area (Å²) in [6.07, 6.45) is 2.65. The SMILES string of the molecule is COC(=O)c1c(NC(=O)C(C)Sc2cccc(NC(=O)c3cccc([N+](=O)[O-])c3)c2)sc2c1CCC(C)C2. The maximum absolute atomic E-state index is 13.1. The molecule has 11 heteroatoms. The quantitative estimate of drug-likeness (QED) is 0.153. The number of nitro benzene ring substituents is 1. The van der Waals surface area contributed by atoms with Gasteiger partial charge in [0.15, 0.2) is 0 Å². The highest BCUT2D eigenvalue weighted by molar-refractivity contribution is 8.00. The summed E-state index contributed by atoms with van der Waals surface area (Å²) in [5.41, 5.74) is 1.92. The molecule has 2 unspecified atom stereocenters. The molecule has 1 aliphatic carbocycles. The van der Waals surface area contributed by atoms with Crippen molar-refractivity contribution in [2.24, 2.45) is 5.92 Å². The van der Waals surface area contributed by atoms with Gasteiger partial charge in [0.1, 0.15) is 5.00 Å². The number of thioether (sulfide) groups is 1. The van der Waals surface area contributed by atoms with E-state index >= 15 is 0 Å². The van der Waals surface area contributed by atoms with Gasteiger partial charge in [0.05, 0.1) is 22.8 Å². The highest BCUT2D eigenvalue weighted by Gasteiger charge is 2.29. The first-order valence-corrected chi connectivity index (χ1v) is 13.7. The van der Waals surface area contributed by atoms with Crippen molar-refractivity contribution < 1.29 is 24.0 Å². The summed E-state index contributed by atoms with van der Waals surface area (Å²) >= 11 is 2.75. The minimum absolute atomic E-state index is 0.166. The number of non-ortho nitro benzene ring substituents is 1. The van der Waals surface area contributed by atoms with E-state index in [1.807, 2.05) is 6.07 Å². The van der Waals surface area contributed by atoms with Gasteiger partial charge < -0.3 is 15.4 Å². The van der Waals surface area contributed by atoms with Crippen LogP contribution in [0.3, 0.4) is 0 Å². The Labute approximate surface area is 228 Å². The molecule has 0 saturated heterocycles. The van der Waals surface area contributed by atoms with Gasteiger partial charge in [0.25, 0.3) is 11.6 Å². The van der Waals surface area contributed by atoms with Gasteiger partial charge in [-0.25, -0.2) is 4.79 Å². The number of nitrogens with zero attached hydrogens (tertiary/aromatic N) is 1. The van der Waals surface area contributed by atoms with Crippen LogP contribution in [0.4, 0.5) is 16.4 Å². The number of amides is 2. The maximum Gasteiger partial charge on any atom is 0.341 e. The van der Waals surface area contributed by atoms with Crippen LogP contribution >= 0.6 is 23.1 Å². The van der Waals surface area contributed by atoms with Gasteiger partial charge in [0.2, 0.25) is 5.91 Å². The van der Waals surface area contributed by atoms with Gasteiger partial charge in [-0.1, -0.05) is 19.1 Å². The number of nitrogens with one attached hydrogen (secondary N) is 2. The molecule has 0 bridgehead atoms. The molecule has 0 saturated carbocycles. The molecule has 1 aliphatic rings. The van der Waals surface area contributed by atoms with Crippen LogP contribution in [0.15, 0.2) is 53.4 Å². The number of anilines is 2. The third kappa shape index (κ3) is 6.22. The van der Waals surface area contributed by atoms with Crippen molar-refractivity contribution in [2.75, 3.05) is 17.7 Å². The molecule has 2 atom stereocenters. The molecular weight excluding hydrogens is 526 g/mol. The number of nitro groups is 1. The molecular formula is C27H27N3O6S2. The number of methoxy groups -OCH3 is 1. The molecule has 4 rings (SSSR count). The van der Waals surface area contributed by atoms with Gasteiger partial charge in [0, 0.05) is 33.2 Å². The number of benzene rings is 2. The molecule has 2 N–H and O–H groups in total. The Hall–Kier alpha value is -3.70. The Morgan fingerprint density at radius 3 is 2.66 bits per heavy atom. The van der Waals surface area contributed by atoms with Crippen LogP contribution in [0.5, 0.6) is 0 Å². The molecule has 2 amide bonds. The lowest BCUT2D eigenvalue weighted by Gasteiger charge is -2.18. The van der Waals surface area contributed by atoms with Crippen LogP contribution in [-0.2, 0) is 22.4 Å². The monoisotopic (exact) mass is 553 g/mol. The lowest BCUT2D eigenvalue weighted by molar-refractivity contribution is -0.384.